The monoisotopic (exact) mass is 284 g/mol. The van der Waals surface area contributed by atoms with Crippen molar-refractivity contribution in [2.45, 2.75) is 39.2 Å². The number of ether oxygens (including phenoxy) is 1. The van der Waals surface area contributed by atoms with Crippen LogP contribution < -0.4 is 5.32 Å². The van der Waals surface area contributed by atoms with Gasteiger partial charge in [0.2, 0.25) is 0 Å². The minimum absolute atomic E-state index is 0.0353. The molecule has 1 aromatic carbocycles. The second kappa shape index (κ2) is 4.25. The predicted molar refractivity (Wildman–Crippen MR) is 85.3 cm³/mol. The Bertz CT molecular complexity index is 580. The summed E-state index contributed by atoms with van der Waals surface area (Å²) < 4.78 is 5.89. The van der Waals surface area contributed by atoms with Crippen LogP contribution in [0.15, 0.2) is 35.3 Å². The highest BCUT2D eigenvalue weighted by Gasteiger charge is 2.64. The van der Waals surface area contributed by atoms with Gasteiger partial charge in [-0.3, -0.25) is 0 Å². The Hall–Kier alpha value is -1.51. The fourth-order valence-electron chi connectivity index (χ4n) is 4.82. The van der Waals surface area contributed by atoms with Crippen molar-refractivity contribution in [1.82, 2.24) is 0 Å². The van der Waals surface area contributed by atoms with E-state index in [9.17, 15) is 0 Å². The van der Waals surface area contributed by atoms with E-state index in [-0.39, 0.29) is 5.54 Å². The van der Waals surface area contributed by atoms with Gasteiger partial charge in [0, 0.05) is 11.6 Å². The topological polar surface area (TPSA) is 33.6 Å². The molecule has 4 atom stereocenters. The van der Waals surface area contributed by atoms with Crippen LogP contribution in [0.25, 0.3) is 0 Å². The molecule has 1 aliphatic heterocycles. The zero-order valence-electron chi connectivity index (χ0n) is 13.1. The van der Waals surface area contributed by atoms with Crippen molar-refractivity contribution < 1.29 is 4.74 Å². The smallest absolute Gasteiger partial charge is 0.289 e. The lowest BCUT2D eigenvalue weighted by Crippen LogP contribution is -2.65. The molecule has 3 aliphatic carbocycles. The quantitative estimate of drug-likeness (QED) is 0.848. The number of rotatable bonds is 1. The molecule has 0 saturated heterocycles. The summed E-state index contributed by atoms with van der Waals surface area (Å²) in [4.78, 5) is 5.03. The highest BCUT2D eigenvalue weighted by atomic mass is 16.5. The number of aliphatic imine (C=N–C) groups is 1. The predicted octanol–water partition coefficient (Wildman–Crippen LogP) is 3.93. The molecule has 3 heteroatoms. The molecular weight excluding hydrogens is 260 g/mol. The van der Waals surface area contributed by atoms with Gasteiger partial charge in [-0.05, 0) is 49.1 Å². The van der Waals surface area contributed by atoms with Crippen LogP contribution in [0.5, 0.6) is 0 Å². The normalized spacial score (nSPS) is 39.4. The molecular formula is C18H24N2O. The zero-order valence-corrected chi connectivity index (χ0v) is 13.1. The van der Waals surface area contributed by atoms with Crippen molar-refractivity contribution in [3.63, 3.8) is 0 Å². The van der Waals surface area contributed by atoms with E-state index >= 15 is 0 Å². The molecule has 0 spiro atoms. The summed E-state index contributed by atoms with van der Waals surface area (Å²) in [6.07, 6.45) is 2.60. The lowest BCUT2D eigenvalue weighted by atomic mass is 9.41. The summed E-state index contributed by atoms with van der Waals surface area (Å²) in [5.41, 5.74) is 1.51. The van der Waals surface area contributed by atoms with Crippen molar-refractivity contribution in [3.05, 3.63) is 30.3 Å². The van der Waals surface area contributed by atoms with Crippen molar-refractivity contribution in [2.24, 2.45) is 28.2 Å². The second-order valence-corrected chi connectivity index (χ2v) is 7.68. The van der Waals surface area contributed by atoms with E-state index in [1.807, 2.05) is 30.3 Å². The summed E-state index contributed by atoms with van der Waals surface area (Å²) in [6, 6.07) is 10.9. The molecule has 0 unspecified atom stereocenters. The van der Waals surface area contributed by atoms with Crippen LogP contribution in [-0.2, 0) is 4.74 Å². The van der Waals surface area contributed by atoms with Gasteiger partial charge >= 0.3 is 0 Å². The van der Waals surface area contributed by atoms with E-state index in [0.29, 0.717) is 23.3 Å². The molecule has 3 saturated carbocycles. The summed E-state index contributed by atoms with van der Waals surface area (Å²) in [7, 11) is 0. The molecule has 1 heterocycles. The minimum Gasteiger partial charge on any atom is -0.465 e. The first-order valence-electron chi connectivity index (χ1n) is 8.05. The Morgan fingerprint density at radius 1 is 1.10 bits per heavy atom. The van der Waals surface area contributed by atoms with Gasteiger partial charge in [-0.15, -0.1) is 0 Å². The molecule has 21 heavy (non-hydrogen) atoms. The minimum atomic E-state index is 0.0353. The van der Waals surface area contributed by atoms with Crippen molar-refractivity contribution in [3.8, 4) is 0 Å². The number of hydrogen-bond donors (Lipinski definition) is 1. The van der Waals surface area contributed by atoms with Crippen molar-refractivity contribution >= 4 is 11.7 Å². The first kappa shape index (κ1) is 13.2. The van der Waals surface area contributed by atoms with Crippen LogP contribution in [-0.4, -0.2) is 18.2 Å². The third-order valence-corrected chi connectivity index (χ3v) is 6.36. The Balaban J connectivity index is 1.62. The van der Waals surface area contributed by atoms with Crippen LogP contribution in [0.4, 0.5) is 5.69 Å². The molecule has 3 fully saturated rings. The van der Waals surface area contributed by atoms with Gasteiger partial charge in [-0.25, -0.2) is 4.99 Å². The standard InChI is InChI=1S/C18H24N2O/c1-17(2)12-9-13-11-21-16(19-14-7-5-4-6-8-14)20-18(13,3)15(17)10-12/h4-8,12-13,15H,9-11H2,1-3H3,(H,19,20)/t12-,13+,15+,18-/m1/s1. The van der Waals surface area contributed by atoms with Crippen LogP contribution in [0, 0.1) is 23.2 Å². The number of amidine groups is 1. The maximum absolute atomic E-state index is 5.89. The Kier molecular flexibility index (Phi) is 2.66. The first-order chi connectivity index (χ1) is 10.00. The number of hydrogen-bond acceptors (Lipinski definition) is 3. The van der Waals surface area contributed by atoms with Crippen LogP contribution in [0.2, 0.25) is 0 Å². The van der Waals surface area contributed by atoms with Gasteiger partial charge in [-0.2, -0.15) is 0 Å². The Morgan fingerprint density at radius 3 is 2.57 bits per heavy atom. The molecule has 4 aliphatic rings. The van der Waals surface area contributed by atoms with E-state index in [1.165, 1.54) is 12.8 Å². The van der Waals surface area contributed by atoms with Gasteiger partial charge in [0.25, 0.3) is 6.02 Å². The van der Waals surface area contributed by atoms with E-state index in [0.717, 1.165) is 18.2 Å². The number of anilines is 1. The second-order valence-electron chi connectivity index (χ2n) is 7.68. The van der Waals surface area contributed by atoms with Crippen LogP contribution in [0.1, 0.15) is 33.6 Å². The lowest BCUT2D eigenvalue weighted by Gasteiger charge is -2.66. The van der Waals surface area contributed by atoms with E-state index in [4.69, 9.17) is 9.73 Å². The molecule has 0 aromatic heterocycles. The third kappa shape index (κ3) is 1.82. The molecule has 0 radical (unpaired) electrons. The summed E-state index contributed by atoms with van der Waals surface area (Å²) in [5.74, 6) is 2.13. The highest BCUT2D eigenvalue weighted by Crippen LogP contribution is 2.66. The van der Waals surface area contributed by atoms with E-state index in [2.05, 4.69) is 26.1 Å². The summed E-state index contributed by atoms with van der Waals surface area (Å²) >= 11 is 0. The third-order valence-electron chi connectivity index (χ3n) is 6.36. The van der Waals surface area contributed by atoms with Gasteiger partial charge in [0.05, 0.1) is 12.1 Å². The van der Waals surface area contributed by atoms with Gasteiger partial charge in [0.15, 0.2) is 0 Å². The summed E-state index contributed by atoms with van der Waals surface area (Å²) in [5, 5.41) is 3.33. The van der Waals surface area contributed by atoms with E-state index in [1.54, 1.807) is 0 Å². The molecule has 0 amide bonds. The molecule has 2 bridgehead atoms. The molecule has 3 nitrogen and oxygen atoms in total. The van der Waals surface area contributed by atoms with Crippen molar-refractivity contribution in [1.29, 1.82) is 0 Å². The molecule has 1 aromatic rings. The zero-order chi connectivity index (χ0) is 14.7. The number of nitrogens with zero attached hydrogens (tertiary/aromatic N) is 1. The number of benzene rings is 1. The fourth-order valence-corrected chi connectivity index (χ4v) is 4.82. The fraction of sp³-hybridized carbons (Fsp3) is 0.611. The number of nitrogens with one attached hydrogen (secondary N) is 1. The van der Waals surface area contributed by atoms with Gasteiger partial charge in [0.1, 0.15) is 0 Å². The van der Waals surface area contributed by atoms with E-state index < -0.39 is 0 Å². The highest BCUT2D eigenvalue weighted by molar-refractivity contribution is 5.89. The lowest BCUT2D eigenvalue weighted by molar-refractivity contribution is -0.153. The van der Waals surface area contributed by atoms with Crippen LogP contribution in [0.3, 0.4) is 0 Å². The molecule has 112 valence electrons. The van der Waals surface area contributed by atoms with Crippen molar-refractivity contribution in [2.75, 3.05) is 11.9 Å². The molecule has 1 N–H and O–H groups in total. The number of para-hydroxylation sites is 1. The average molecular weight is 284 g/mol. The average Bonchev–Trinajstić information content (AvgIpc) is 2.46. The molecule has 5 rings (SSSR count). The maximum Gasteiger partial charge on any atom is 0.289 e. The summed E-state index contributed by atoms with van der Waals surface area (Å²) in [6.45, 7) is 7.98. The maximum atomic E-state index is 5.89. The largest absolute Gasteiger partial charge is 0.465 e. The van der Waals surface area contributed by atoms with Crippen LogP contribution >= 0.6 is 0 Å². The van der Waals surface area contributed by atoms with Gasteiger partial charge < -0.3 is 10.1 Å². The Morgan fingerprint density at radius 2 is 1.86 bits per heavy atom. The SMILES string of the molecule is CC1(C)[C@@H]2C[C@H]3COC(Nc4ccccc4)=N[C@@]3(C)[C@H]1C2. The first-order valence-corrected chi connectivity index (χ1v) is 8.05. The Labute approximate surface area is 126 Å². The van der Waals surface area contributed by atoms with Gasteiger partial charge in [-0.1, -0.05) is 32.0 Å².